The lowest BCUT2D eigenvalue weighted by molar-refractivity contribution is -0.143. The van der Waals surface area contributed by atoms with Crippen molar-refractivity contribution < 1.29 is 29.1 Å². The summed E-state index contributed by atoms with van der Waals surface area (Å²) in [5.41, 5.74) is 21.5. The van der Waals surface area contributed by atoms with Gasteiger partial charge in [-0.05, 0) is 37.5 Å². The molecular weight excluding hydrogens is 472 g/mol. The second kappa shape index (κ2) is 16.3. The first-order valence-electron chi connectivity index (χ1n) is 11.9. The average molecular weight is 515 g/mol. The molecule has 12 N–H and O–H groups in total. The molecule has 0 spiro atoms. The van der Waals surface area contributed by atoms with Crippen LogP contribution in [-0.4, -0.2) is 71.4 Å². The standard InChI is InChI=1S/C22H42N8O6/c1-11(2)10-15(20(34)30-17(12(3)4)21(35)36)29-19(33)14(6-5-9-27-22(25)26)28-18(32)13(23)7-8-16(24)31/h11-15,17H,5-10,23H2,1-4H3,(H2,24,31)(H,28,32)(H,29,33)(H,30,34)(H,35,36)(H4,25,26,27). The molecule has 0 saturated carbocycles. The maximum absolute atomic E-state index is 13.1. The number of rotatable bonds is 17. The van der Waals surface area contributed by atoms with Crippen molar-refractivity contribution in [1.82, 2.24) is 16.0 Å². The lowest BCUT2D eigenvalue weighted by Gasteiger charge is -2.27. The second-order valence-electron chi connectivity index (χ2n) is 9.38. The number of nitrogens with zero attached hydrogens (tertiary/aromatic N) is 1. The van der Waals surface area contributed by atoms with Gasteiger partial charge < -0.3 is 44.0 Å². The van der Waals surface area contributed by atoms with Crippen LogP contribution in [0.1, 0.15) is 59.8 Å². The van der Waals surface area contributed by atoms with Crippen LogP contribution >= 0.6 is 0 Å². The third-order valence-electron chi connectivity index (χ3n) is 5.19. The van der Waals surface area contributed by atoms with Gasteiger partial charge in [-0.1, -0.05) is 27.7 Å². The van der Waals surface area contributed by atoms with E-state index >= 15 is 0 Å². The molecule has 0 aliphatic heterocycles. The highest BCUT2D eigenvalue weighted by molar-refractivity contribution is 5.94. The van der Waals surface area contributed by atoms with E-state index < -0.39 is 53.8 Å². The van der Waals surface area contributed by atoms with E-state index in [2.05, 4.69) is 20.9 Å². The van der Waals surface area contributed by atoms with Gasteiger partial charge in [0, 0.05) is 13.0 Å². The average Bonchev–Trinajstić information content (AvgIpc) is 2.75. The number of carboxylic acid groups (broad SMARTS) is 1. The zero-order valence-corrected chi connectivity index (χ0v) is 21.5. The number of guanidine groups is 1. The summed E-state index contributed by atoms with van der Waals surface area (Å²) in [4.78, 5) is 64.9. The largest absolute Gasteiger partial charge is 0.480 e. The highest BCUT2D eigenvalue weighted by Gasteiger charge is 2.31. The highest BCUT2D eigenvalue weighted by Crippen LogP contribution is 2.09. The minimum Gasteiger partial charge on any atom is -0.480 e. The minimum absolute atomic E-state index is 0.00628. The van der Waals surface area contributed by atoms with Crippen molar-refractivity contribution in [1.29, 1.82) is 0 Å². The number of amides is 4. The molecule has 0 aliphatic rings. The molecule has 0 saturated heterocycles. The molecule has 14 heteroatoms. The van der Waals surface area contributed by atoms with E-state index in [4.69, 9.17) is 22.9 Å². The van der Waals surface area contributed by atoms with Crippen molar-refractivity contribution in [2.45, 2.75) is 84.0 Å². The summed E-state index contributed by atoms with van der Waals surface area (Å²) in [6, 6.07) is -4.35. The van der Waals surface area contributed by atoms with Crippen LogP contribution in [0.4, 0.5) is 0 Å². The monoisotopic (exact) mass is 514 g/mol. The molecule has 0 aliphatic carbocycles. The molecule has 0 rings (SSSR count). The summed E-state index contributed by atoms with van der Waals surface area (Å²) >= 11 is 0. The van der Waals surface area contributed by atoms with Gasteiger partial charge in [0.25, 0.3) is 0 Å². The lowest BCUT2D eigenvalue weighted by Crippen LogP contribution is -2.57. The van der Waals surface area contributed by atoms with E-state index in [0.29, 0.717) is 6.42 Å². The van der Waals surface area contributed by atoms with Crippen LogP contribution < -0.4 is 38.9 Å². The molecule has 4 atom stereocenters. The van der Waals surface area contributed by atoms with Crippen LogP contribution in [0.5, 0.6) is 0 Å². The van der Waals surface area contributed by atoms with Crippen molar-refractivity contribution >= 4 is 35.6 Å². The zero-order valence-electron chi connectivity index (χ0n) is 21.5. The van der Waals surface area contributed by atoms with Crippen molar-refractivity contribution in [3.8, 4) is 0 Å². The van der Waals surface area contributed by atoms with Crippen LogP contribution in [0.15, 0.2) is 4.99 Å². The van der Waals surface area contributed by atoms with Crippen molar-refractivity contribution in [2.24, 2.45) is 39.8 Å². The van der Waals surface area contributed by atoms with Gasteiger partial charge in [0.05, 0.1) is 6.04 Å². The fraction of sp³-hybridized carbons (Fsp3) is 0.727. The molecule has 0 aromatic heterocycles. The summed E-state index contributed by atoms with van der Waals surface area (Å²) in [5, 5.41) is 17.0. The predicted molar refractivity (Wildman–Crippen MR) is 134 cm³/mol. The van der Waals surface area contributed by atoms with E-state index in [1.54, 1.807) is 13.8 Å². The molecular formula is C22H42N8O6. The smallest absolute Gasteiger partial charge is 0.326 e. The van der Waals surface area contributed by atoms with E-state index in [1.807, 2.05) is 13.8 Å². The Kier molecular flexibility index (Phi) is 14.7. The van der Waals surface area contributed by atoms with Crippen molar-refractivity contribution in [2.75, 3.05) is 6.54 Å². The Labute approximate surface area is 211 Å². The van der Waals surface area contributed by atoms with Gasteiger partial charge in [-0.2, -0.15) is 0 Å². The third kappa shape index (κ3) is 13.5. The fourth-order valence-electron chi connectivity index (χ4n) is 3.22. The Morgan fingerprint density at radius 2 is 1.39 bits per heavy atom. The minimum atomic E-state index is -1.19. The van der Waals surface area contributed by atoms with E-state index in [1.165, 1.54) is 0 Å². The number of aliphatic imine (C=N–C) groups is 1. The topological polar surface area (TPSA) is 258 Å². The van der Waals surface area contributed by atoms with E-state index in [0.717, 1.165) is 0 Å². The molecule has 0 bridgehead atoms. The molecule has 0 aromatic rings. The molecule has 0 fully saturated rings. The van der Waals surface area contributed by atoms with Gasteiger partial charge in [-0.3, -0.25) is 24.2 Å². The molecule has 4 amide bonds. The Hall–Kier alpha value is -3.42. The number of aliphatic carboxylic acids is 1. The lowest BCUT2D eigenvalue weighted by atomic mass is 9.99. The number of nitrogens with two attached hydrogens (primary N) is 4. The number of carboxylic acids is 1. The summed E-state index contributed by atoms with van der Waals surface area (Å²) in [6.07, 6.45) is 0.564. The molecule has 0 aromatic carbocycles. The van der Waals surface area contributed by atoms with E-state index in [-0.39, 0.29) is 50.0 Å². The van der Waals surface area contributed by atoms with Gasteiger partial charge >= 0.3 is 5.97 Å². The van der Waals surface area contributed by atoms with Crippen LogP contribution in [0.25, 0.3) is 0 Å². The third-order valence-corrected chi connectivity index (χ3v) is 5.19. The SMILES string of the molecule is CC(C)CC(NC(=O)C(CCCN=C(N)N)NC(=O)C(N)CCC(N)=O)C(=O)NC(C(=O)O)C(C)C. The van der Waals surface area contributed by atoms with Crippen LogP contribution in [0.3, 0.4) is 0 Å². The van der Waals surface area contributed by atoms with Crippen LogP contribution in [0.2, 0.25) is 0 Å². The second-order valence-corrected chi connectivity index (χ2v) is 9.38. The van der Waals surface area contributed by atoms with Crippen molar-refractivity contribution in [3.63, 3.8) is 0 Å². The van der Waals surface area contributed by atoms with Crippen LogP contribution in [-0.2, 0) is 24.0 Å². The zero-order chi connectivity index (χ0) is 28.0. The molecule has 0 radical (unpaired) electrons. The quantitative estimate of drug-likeness (QED) is 0.0598. The maximum atomic E-state index is 13.1. The molecule has 206 valence electrons. The highest BCUT2D eigenvalue weighted by atomic mass is 16.4. The number of carbonyl (C=O) groups excluding carboxylic acids is 4. The Morgan fingerprint density at radius 3 is 1.86 bits per heavy atom. The van der Waals surface area contributed by atoms with E-state index in [9.17, 15) is 29.1 Å². The van der Waals surface area contributed by atoms with Gasteiger partial charge in [-0.25, -0.2) is 4.79 Å². The molecule has 36 heavy (non-hydrogen) atoms. The summed E-state index contributed by atoms with van der Waals surface area (Å²) in [6.45, 7) is 7.18. The predicted octanol–water partition coefficient (Wildman–Crippen LogP) is -2.13. The Balaban J connectivity index is 5.60. The number of carbonyl (C=O) groups is 5. The number of primary amides is 1. The maximum Gasteiger partial charge on any atom is 0.326 e. The Bertz CT molecular complexity index is 797. The first-order chi connectivity index (χ1) is 16.6. The normalized spacial score (nSPS) is 14.3. The summed E-state index contributed by atoms with van der Waals surface area (Å²) < 4.78 is 0. The number of hydrogen-bond acceptors (Lipinski definition) is 7. The van der Waals surface area contributed by atoms with Gasteiger partial charge in [0.15, 0.2) is 5.96 Å². The van der Waals surface area contributed by atoms with Gasteiger partial charge in [-0.15, -0.1) is 0 Å². The van der Waals surface area contributed by atoms with Crippen molar-refractivity contribution in [3.05, 3.63) is 0 Å². The number of hydrogen-bond donors (Lipinski definition) is 8. The van der Waals surface area contributed by atoms with Gasteiger partial charge in [0.2, 0.25) is 23.6 Å². The first-order valence-corrected chi connectivity index (χ1v) is 11.9. The summed E-state index contributed by atoms with van der Waals surface area (Å²) in [5.74, 6) is -4.31. The summed E-state index contributed by atoms with van der Waals surface area (Å²) in [7, 11) is 0. The molecule has 0 heterocycles. The molecule has 4 unspecified atom stereocenters. The Morgan fingerprint density at radius 1 is 0.833 bits per heavy atom. The molecule has 14 nitrogen and oxygen atoms in total. The number of nitrogens with one attached hydrogen (secondary N) is 3. The first kappa shape index (κ1) is 32.6. The van der Waals surface area contributed by atoms with Gasteiger partial charge in [0.1, 0.15) is 18.1 Å². The van der Waals surface area contributed by atoms with Crippen LogP contribution in [0, 0.1) is 11.8 Å². The fourth-order valence-corrected chi connectivity index (χ4v) is 3.22.